The van der Waals surface area contributed by atoms with E-state index in [1.807, 2.05) is 42.5 Å². The van der Waals surface area contributed by atoms with Gasteiger partial charge in [0.2, 0.25) is 15.9 Å². The van der Waals surface area contributed by atoms with E-state index in [2.05, 4.69) is 5.32 Å². The van der Waals surface area contributed by atoms with Crippen LogP contribution in [0.15, 0.2) is 54.6 Å². The molecule has 0 aliphatic carbocycles. The zero-order chi connectivity index (χ0) is 19.7. The smallest absolute Gasteiger partial charge is 0.224 e. The molecule has 0 saturated heterocycles. The fraction of sp³-hybridized carbons (Fsp3) is 0.350. The van der Waals surface area contributed by atoms with Crippen molar-refractivity contribution in [1.29, 1.82) is 0 Å². The van der Waals surface area contributed by atoms with Gasteiger partial charge in [0.15, 0.2) is 0 Å². The standard InChI is InChI=1S/C20H26N2O4S/c1-26-19-10-8-18(9-11-19)16-20(23)21-13-15-22(27(2,24)25)14-12-17-6-4-3-5-7-17/h3-11H,12-16H2,1-2H3,(H,21,23). The van der Waals surface area contributed by atoms with Crippen LogP contribution in [-0.4, -0.2) is 51.6 Å². The maximum Gasteiger partial charge on any atom is 0.224 e. The Morgan fingerprint density at radius 2 is 1.67 bits per heavy atom. The highest BCUT2D eigenvalue weighted by Gasteiger charge is 2.16. The number of amides is 1. The highest BCUT2D eigenvalue weighted by molar-refractivity contribution is 7.88. The first-order valence-corrected chi connectivity index (χ1v) is 10.6. The van der Waals surface area contributed by atoms with E-state index in [4.69, 9.17) is 4.74 Å². The van der Waals surface area contributed by atoms with Crippen LogP contribution >= 0.6 is 0 Å². The van der Waals surface area contributed by atoms with Crippen LogP contribution in [0.1, 0.15) is 11.1 Å². The third-order valence-electron chi connectivity index (χ3n) is 4.17. The van der Waals surface area contributed by atoms with Gasteiger partial charge in [-0.3, -0.25) is 4.79 Å². The summed E-state index contributed by atoms with van der Waals surface area (Å²) in [5.74, 6) is 0.595. The molecule has 2 aromatic rings. The number of carbonyl (C=O) groups excluding carboxylic acids is 1. The van der Waals surface area contributed by atoms with Crippen molar-refractivity contribution in [3.8, 4) is 5.75 Å². The molecule has 0 heterocycles. The Balaban J connectivity index is 1.80. The minimum Gasteiger partial charge on any atom is -0.497 e. The average molecular weight is 391 g/mol. The molecule has 2 rings (SSSR count). The molecule has 0 spiro atoms. The van der Waals surface area contributed by atoms with Gasteiger partial charge < -0.3 is 10.1 Å². The van der Waals surface area contributed by atoms with Gasteiger partial charge >= 0.3 is 0 Å². The van der Waals surface area contributed by atoms with Crippen LogP contribution < -0.4 is 10.1 Å². The van der Waals surface area contributed by atoms with Crippen molar-refractivity contribution in [3.63, 3.8) is 0 Å². The summed E-state index contributed by atoms with van der Waals surface area (Å²) >= 11 is 0. The summed E-state index contributed by atoms with van der Waals surface area (Å²) in [6.45, 7) is 0.911. The fourth-order valence-corrected chi connectivity index (χ4v) is 3.50. The molecule has 1 N–H and O–H groups in total. The number of hydrogen-bond acceptors (Lipinski definition) is 4. The minimum absolute atomic E-state index is 0.142. The molecular weight excluding hydrogens is 364 g/mol. The van der Waals surface area contributed by atoms with Gasteiger partial charge in [-0.2, -0.15) is 0 Å². The maximum absolute atomic E-state index is 12.1. The molecule has 0 fully saturated rings. The first-order chi connectivity index (χ1) is 12.9. The van der Waals surface area contributed by atoms with E-state index in [-0.39, 0.29) is 25.4 Å². The monoisotopic (exact) mass is 390 g/mol. The molecular formula is C20H26N2O4S. The number of sulfonamides is 1. The summed E-state index contributed by atoms with van der Waals surface area (Å²) in [5.41, 5.74) is 1.95. The second kappa shape index (κ2) is 10.1. The van der Waals surface area contributed by atoms with E-state index < -0.39 is 10.0 Å². The van der Waals surface area contributed by atoms with E-state index in [1.54, 1.807) is 19.2 Å². The van der Waals surface area contributed by atoms with Crippen LogP contribution in [-0.2, 0) is 27.7 Å². The van der Waals surface area contributed by atoms with Crippen LogP contribution in [0.5, 0.6) is 5.75 Å². The van der Waals surface area contributed by atoms with E-state index in [9.17, 15) is 13.2 Å². The highest BCUT2D eigenvalue weighted by atomic mass is 32.2. The Morgan fingerprint density at radius 1 is 1.00 bits per heavy atom. The lowest BCUT2D eigenvalue weighted by Gasteiger charge is -2.20. The van der Waals surface area contributed by atoms with E-state index >= 15 is 0 Å². The number of carbonyl (C=O) groups is 1. The van der Waals surface area contributed by atoms with Crippen molar-refractivity contribution in [2.24, 2.45) is 0 Å². The minimum atomic E-state index is -3.33. The normalized spacial score (nSPS) is 11.4. The van der Waals surface area contributed by atoms with Gasteiger partial charge in [0.1, 0.15) is 5.75 Å². The Kier molecular flexibility index (Phi) is 7.82. The van der Waals surface area contributed by atoms with Gasteiger partial charge in [0.05, 0.1) is 19.8 Å². The lowest BCUT2D eigenvalue weighted by molar-refractivity contribution is -0.120. The van der Waals surface area contributed by atoms with Gasteiger partial charge in [-0.05, 0) is 29.7 Å². The zero-order valence-electron chi connectivity index (χ0n) is 15.7. The van der Waals surface area contributed by atoms with Gasteiger partial charge in [-0.1, -0.05) is 42.5 Å². The number of methoxy groups -OCH3 is 1. The molecule has 2 aromatic carbocycles. The van der Waals surface area contributed by atoms with Gasteiger partial charge in [0.25, 0.3) is 0 Å². The third-order valence-corrected chi connectivity index (χ3v) is 5.47. The molecule has 27 heavy (non-hydrogen) atoms. The lowest BCUT2D eigenvalue weighted by Crippen LogP contribution is -2.39. The predicted molar refractivity (Wildman–Crippen MR) is 106 cm³/mol. The molecule has 0 bridgehead atoms. The molecule has 0 atom stereocenters. The summed E-state index contributed by atoms with van der Waals surface area (Å²) < 4.78 is 30.4. The van der Waals surface area contributed by atoms with Gasteiger partial charge in [-0.25, -0.2) is 12.7 Å². The van der Waals surface area contributed by atoms with E-state index in [0.29, 0.717) is 13.0 Å². The van der Waals surface area contributed by atoms with Crippen LogP contribution in [0.3, 0.4) is 0 Å². The van der Waals surface area contributed by atoms with Gasteiger partial charge in [-0.15, -0.1) is 0 Å². The molecule has 146 valence electrons. The maximum atomic E-state index is 12.1. The lowest BCUT2D eigenvalue weighted by atomic mass is 10.1. The number of nitrogens with one attached hydrogen (secondary N) is 1. The summed E-state index contributed by atoms with van der Waals surface area (Å²) in [6, 6.07) is 17.0. The van der Waals surface area contributed by atoms with Crippen molar-refractivity contribution in [3.05, 3.63) is 65.7 Å². The number of ether oxygens (including phenoxy) is 1. The number of nitrogens with zero attached hydrogens (tertiary/aromatic N) is 1. The van der Waals surface area contributed by atoms with Crippen molar-refractivity contribution in [1.82, 2.24) is 9.62 Å². The molecule has 0 aliphatic rings. The fourth-order valence-electron chi connectivity index (χ4n) is 2.65. The van der Waals surface area contributed by atoms with Crippen molar-refractivity contribution in [2.75, 3.05) is 33.0 Å². The summed E-state index contributed by atoms with van der Waals surface area (Å²) in [4.78, 5) is 12.1. The third kappa shape index (κ3) is 7.40. The van der Waals surface area contributed by atoms with Crippen molar-refractivity contribution >= 4 is 15.9 Å². The SMILES string of the molecule is COc1ccc(CC(=O)NCCN(CCc2ccccc2)S(C)(=O)=O)cc1. The van der Waals surface area contributed by atoms with Crippen LogP contribution in [0, 0.1) is 0 Å². The molecule has 0 saturated carbocycles. The largest absolute Gasteiger partial charge is 0.497 e. The topological polar surface area (TPSA) is 75.7 Å². The highest BCUT2D eigenvalue weighted by Crippen LogP contribution is 2.11. The number of rotatable bonds is 10. The van der Waals surface area contributed by atoms with Gasteiger partial charge in [0, 0.05) is 19.6 Å². The van der Waals surface area contributed by atoms with Crippen molar-refractivity contribution in [2.45, 2.75) is 12.8 Å². The zero-order valence-corrected chi connectivity index (χ0v) is 16.5. The first kappa shape index (κ1) is 20.9. The van der Waals surface area contributed by atoms with E-state index in [0.717, 1.165) is 16.9 Å². The summed E-state index contributed by atoms with van der Waals surface area (Å²) in [7, 11) is -1.74. The summed E-state index contributed by atoms with van der Waals surface area (Å²) in [5, 5.41) is 2.78. The molecule has 0 aromatic heterocycles. The van der Waals surface area contributed by atoms with Crippen LogP contribution in [0.25, 0.3) is 0 Å². The Bertz CT molecular complexity index is 821. The number of hydrogen-bond donors (Lipinski definition) is 1. The second-order valence-corrected chi connectivity index (χ2v) is 8.25. The molecule has 0 unspecified atom stereocenters. The second-order valence-electron chi connectivity index (χ2n) is 6.27. The van der Waals surface area contributed by atoms with Crippen LogP contribution in [0.2, 0.25) is 0 Å². The van der Waals surface area contributed by atoms with Crippen molar-refractivity contribution < 1.29 is 17.9 Å². The van der Waals surface area contributed by atoms with Crippen LogP contribution in [0.4, 0.5) is 0 Å². The molecule has 7 heteroatoms. The molecule has 0 aliphatic heterocycles. The summed E-state index contributed by atoms with van der Waals surface area (Å²) in [6.07, 6.45) is 2.07. The molecule has 6 nitrogen and oxygen atoms in total. The van der Waals surface area contributed by atoms with E-state index in [1.165, 1.54) is 10.6 Å². The number of benzene rings is 2. The molecule has 0 radical (unpaired) electrons. The quantitative estimate of drug-likeness (QED) is 0.672. The predicted octanol–water partition coefficient (Wildman–Crippen LogP) is 1.86. The Labute approximate surface area is 161 Å². The Morgan fingerprint density at radius 3 is 2.26 bits per heavy atom. The first-order valence-electron chi connectivity index (χ1n) is 8.77. The molecule has 1 amide bonds. The average Bonchev–Trinajstić information content (AvgIpc) is 2.65. The Hall–Kier alpha value is -2.38.